The molecule has 0 atom stereocenters. The van der Waals surface area contributed by atoms with Crippen LogP contribution in [0.15, 0.2) is 30.3 Å². The number of nitro groups is 1. The van der Waals surface area contributed by atoms with Crippen molar-refractivity contribution in [3.63, 3.8) is 0 Å². The monoisotopic (exact) mass is 305 g/mol. The second-order valence-corrected chi connectivity index (χ2v) is 4.18. The van der Waals surface area contributed by atoms with Gasteiger partial charge in [-0.1, -0.05) is 11.6 Å². The van der Waals surface area contributed by atoms with E-state index in [9.17, 15) is 10.1 Å². The third-order valence-corrected chi connectivity index (χ3v) is 2.71. The van der Waals surface area contributed by atoms with Gasteiger partial charge in [0.15, 0.2) is 11.5 Å². The maximum Gasteiger partial charge on any atom is 0.331 e. The lowest BCUT2D eigenvalue weighted by Gasteiger charge is -2.10. The summed E-state index contributed by atoms with van der Waals surface area (Å²) < 4.78 is 10.5. The second kappa shape index (κ2) is 6.07. The molecule has 0 aliphatic rings. The van der Waals surface area contributed by atoms with Crippen LogP contribution in [0.4, 0.5) is 5.69 Å². The zero-order valence-corrected chi connectivity index (χ0v) is 11.5. The Hall–Kier alpha value is -2.85. The number of methoxy groups -OCH3 is 1. The average molecular weight is 306 g/mol. The van der Waals surface area contributed by atoms with E-state index in [4.69, 9.17) is 26.3 Å². The largest absolute Gasteiger partial charge is 0.493 e. The van der Waals surface area contributed by atoms with Crippen molar-refractivity contribution >= 4 is 17.3 Å². The minimum Gasteiger partial charge on any atom is -0.493 e. The van der Waals surface area contributed by atoms with Gasteiger partial charge in [-0.25, -0.2) is 0 Å². The molecule has 0 unspecified atom stereocenters. The van der Waals surface area contributed by atoms with Crippen molar-refractivity contribution in [2.24, 2.45) is 0 Å². The molecule has 0 N–H and O–H groups in total. The van der Waals surface area contributed by atoms with Gasteiger partial charge in [-0.05, 0) is 18.2 Å². The first-order valence-corrected chi connectivity index (χ1v) is 6.00. The molecule has 1 aromatic heterocycles. The topological polar surface area (TPSA) is 98.3 Å². The molecule has 0 fully saturated rings. The van der Waals surface area contributed by atoms with E-state index >= 15 is 0 Å². The Morgan fingerprint density at radius 1 is 1.33 bits per heavy atom. The number of hydrogen-bond acceptors (Lipinski definition) is 6. The number of hydrogen-bond donors (Lipinski definition) is 0. The van der Waals surface area contributed by atoms with Crippen LogP contribution in [0.3, 0.4) is 0 Å². The summed E-state index contributed by atoms with van der Waals surface area (Å²) in [6, 6.07) is 8.85. The summed E-state index contributed by atoms with van der Waals surface area (Å²) in [5.41, 5.74) is 0.0403. The van der Waals surface area contributed by atoms with E-state index in [-0.39, 0.29) is 28.2 Å². The highest BCUT2D eigenvalue weighted by atomic mass is 35.5. The Balaban J connectivity index is 2.45. The van der Waals surface area contributed by atoms with E-state index in [1.54, 1.807) is 0 Å². The molecule has 0 amide bonds. The summed E-state index contributed by atoms with van der Waals surface area (Å²) in [5.74, 6) is 0.190. The van der Waals surface area contributed by atoms with E-state index in [1.807, 2.05) is 6.07 Å². The van der Waals surface area contributed by atoms with Crippen molar-refractivity contribution in [2.45, 2.75) is 0 Å². The molecule has 0 bridgehead atoms. The molecule has 1 heterocycles. The van der Waals surface area contributed by atoms with Gasteiger partial charge in [0.2, 0.25) is 0 Å². The SMILES string of the molecule is COc1cc(C#N)ccc1Oc1nc(Cl)ccc1[N+](=O)[O-]. The number of rotatable bonds is 4. The lowest BCUT2D eigenvalue weighted by molar-refractivity contribution is -0.386. The summed E-state index contributed by atoms with van der Waals surface area (Å²) in [5, 5.41) is 19.8. The number of pyridine rings is 1. The van der Waals surface area contributed by atoms with Crippen LogP contribution in [0.2, 0.25) is 5.15 Å². The number of aromatic nitrogens is 1. The van der Waals surface area contributed by atoms with Gasteiger partial charge in [-0.2, -0.15) is 10.2 Å². The highest BCUT2D eigenvalue weighted by molar-refractivity contribution is 6.29. The van der Waals surface area contributed by atoms with Gasteiger partial charge in [0.25, 0.3) is 0 Å². The molecule has 0 aliphatic carbocycles. The van der Waals surface area contributed by atoms with Crippen molar-refractivity contribution in [1.29, 1.82) is 5.26 Å². The first-order chi connectivity index (χ1) is 10.0. The first-order valence-electron chi connectivity index (χ1n) is 5.62. The van der Waals surface area contributed by atoms with Crippen LogP contribution < -0.4 is 9.47 Å². The van der Waals surface area contributed by atoms with Crippen LogP contribution >= 0.6 is 11.6 Å². The first kappa shape index (κ1) is 14.6. The van der Waals surface area contributed by atoms with Crippen molar-refractivity contribution in [3.05, 3.63) is 51.2 Å². The molecule has 0 aliphatic heterocycles. The lowest BCUT2D eigenvalue weighted by Crippen LogP contribution is -1.98. The summed E-state index contributed by atoms with van der Waals surface area (Å²) in [6.07, 6.45) is 0. The molecule has 0 spiro atoms. The fraction of sp³-hybridized carbons (Fsp3) is 0.0769. The number of nitrogens with zero attached hydrogens (tertiary/aromatic N) is 3. The van der Waals surface area contributed by atoms with E-state index in [0.29, 0.717) is 5.56 Å². The normalized spacial score (nSPS) is 9.76. The lowest BCUT2D eigenvalue weighted by atomic mass is 10.2. The third-order valence-electron chi connectivity index (χ3n) is 2.50. The summed E-state index contributed by atoms with van der Waals surface area (Å²) >= 11 is 5.72. The van der Waals surface area contributed by atoms with Crippen LogP contribution in [0.1, 0.15) is 5.56 Å². The highest BCUT2D eigenvalue weighted by Gasteiger charge is 2.19. The van der Waals surface area contributed by atoms with Gasteiger partial charge in [0.05, 0.1) is 23.7 Å². The van der Waals surface area contributed by atoms with Gasteiger partial charge in [0.1, 0.15) is 5.15 Å². The van der Waals surface area contributed by atoms with Gasteiger partial charge < -0.3 is 9.47 Å². The molecule has 1 aromatic carbocycles. The molecule has 7 nitrogen and oxygen atoms in total. The Bertz CT molecular complexity index is 743. The Kier molecular flexibility index (Phi) is 4.21. The fourth-order valence-corrected chi connectivity index (χ4v) is 1.69. The van der Waals surface area contributed by atoms with Crippen molar-refractivity contribution in [2.75, 3.05) is 7.11 Å². The van der Waals surface area contributed by atoms with Gasteiger partial charge >= 0.3 is 11.6 Å². The quantitative estimate of drug-likeness (QED) is 0.488. The van der Waals surface area contributed by atoms with Crippen LogP contribution in [0.25, 0.3) is 0 Å². The minimum absolute atomic E-state index is 0.0585. The van der Waals surface area contributed by atoms with Crippen LogP contribution in [-0.4, -0.2) is 17.0 Å². The van der Waals surface area contributed by atoms with Crippen molar-refractivity contribution < 1.29 is 14.4 Å². The molecule has 2 rings (SSSR count). The zero-order valence-electron chi connectivity index (χ0n) is 10.7. The Labute approximate surface area is 124 Å². The number of benzene rings is 1. The summed E-state index contributed by atoms with van der Waals surface area (Å²) in [7, 11) is 1.39. The van der Waals surface area contributed by atoms with Gasteiger partial charge in [-0.3, -0.25) is 10.1 Å². The smallest absolute Gasteiger partial charge is 0.331 e. The molecule has 0 radical (unpaired) electrons. The standard InChI is InChI=1S/C13H8ClN3O4/c1-20-11-6-8(7-15)2-4-10(11)21-13-9(17(18)19)3-5-12(14)16-13/h2-6H,1H3. The highest BCUT2D eigenvalue weighted by Crippen LogP contribution is 2.35. The van der Waals surface area contributed by atoms with Crippen molar-refractivity contribution in [3.8, 4) is 23.4 Å². The summed E-state index contributed by atoms with van der Waals surface area (Å²) in [4.78, 5) is 14.1. The van der Waals surface area contributed by atoms with Crippen molar-refractivity contribution in [1.82, 2.24) is 4.98 Å². The molecule has 21 heavy (non-hydrogen) atoms. The molecular weight excluding hydrogens is 298 g/mol. The van der Waals surface area contributed by atoms with E-state index in [2.05, 4.69) is 4.98 Å². The predicted octanol–water partition coefficient (Wildman–Crippen LogP) is 3.32. The van der Waals surface area contributed by atoms with Gasteiger partial charge in [-0.15, -0.1) is 0 Å². The predicted molar refractivity (Wildman–Crippen MR) is 73.7 cm³/mol. The van der Waals surface area contributed by atoms with E-state index in [1.165, 1.54) is 37.4 Å². The molecular formula is C13H8ClN3O4. The Morgan fingerprint density at radius 3 is 2.71 bits per heavy atom. The average Bonchev–Trinajstić information content (AvgIpc) is 2.47. The molecule has 2 aromatic rings. The van der Waals surface area contributed by atoms with Crippen LogP contribution in [-0.2, 0) is 0 Å². The minimum atomic E-state index is -0.630. The number of ether oxygens (including phenoxy) is 2. The molecule has 0 saturated heterocycles. The molecule has 106 valence electrons. The fourth-order valence-electron chi connectivity index (χ4n) is 1.55. The van der Waals surface area contributed by atoms with Gasteiger partial charge in [0, 0.05) is 12.1 Å². The van der Waals surface area contributed by atoms with Crippen LogP contribution in [0, 0.1) is 21.4 Å². The maximum atomic E-state index is 10.9. The van der Waals surface area contributed by atoms with E-state index < -0.39 is 4.92 Å². The Morgan fingerprint density at radius 2 is 2.10 bits per heavy atom. The number of nitriles is 1. The third kappa shape index (κ3) is 3.19. The van der Waals surface area contributed by atoms with E-state index in [0.717, 1.165) is 0 Å². The summed E-state index contributed by atoms with van der Waals surface area (Å²) in [6.45, 7) is 0. The van der Waals surface area contributed by atoms with Crippen LogP contribution in [0.5, 0.6) is 17.4 Å². The number of halogens is 1. The molecule has 8 heteroatoms. The second-order valence-electron chi connectivity index (χ2n) is 3.79. The zero-order chi connectivity index (χ0) is 15.4. The maximum absolute atomic E-state index is 10.9. The molecule has 0 saturated carbocycles.